The number of pyridine rings is 1. The number of aliphatic hydroxyl groups excluding tert-OH is 2. The molecule has 2 saturated heterocycles. The van der Waals surface area contributed by atoms with Crippen molar-refractivity contribution in [1.82, 2.24) is 20.5 Å². The van der Waals surface area contributed by atoms with E-state index in [1.165, 1.54) is 0 Å². The zero-order chi connectivity index (χ0) is 30.6. The van der Waals surface area contributed by atoms with Gasteiger partial charge in [-0.3, -0.25) is 19.5 Å². The Morgan fingerprint density at radius 1 is 1.05 bits per heavy atom. The molecule has 0 spiro atoms. The quantitative estimate of drug-likeness (QED) is 0.360. The number of ether oxygens (including phenoxy) is 2. The van der Waals surface area contributed by atoms with E-state index >= 15 is 0 Å². The molecule has 6 rings (SSSR count). The molecule has 4 N–H and O–H groups in total. The number of fused-ring (bicyclic) bond motifs is 5. The van der Waals surface area contributed by atoms with Crippen LogP contribution in [0.4, 0.5) is 0 Å². The van der Waals surface area contributed by atoms with E-state index in [-0.39, 0.29) is 37.1 Å². The van der Waals surface area contributed by atoms with Gasteiger partial charge in [0.1, 0.15) is 11.9 Å². The summed E-state index contributed by atoms with van der Waals surface area (Å²) in [6.07, 6.45) is 2.72. The second-order valence-electron chi connectivity index (χ2n) is 12.0. The highest BCUT2D eigenvalue weighted by molar-refractivity contribution is 5.98. The predicted octanol–water partition coefficient (Wildman–Crippen LogP) is 2.73. The SMILES string of the molecule is Cc1cccnc1CN1C[C@@H]2C[C@H]1C(=O)NC[C@H]1O[C@H](CCOc3cc(-c4ccc(CO)cc4)ccc3C(=O)N2)CC[C@@H]1O. The Labute approximate surface area is 257 Å². The number of nitrogens with one attached hydrogen (secondary N) is 2. The maximum absolute atomic E-state index is 13.7. The first-order valence-corrected chi connectivity index (χ1v) is 15.4. The Kier molecular flexibility index (Phi) is 9.22. The minimum absolute atomic E-state index is 0.0303. The fourth-order valence-corrected chi connectivity index (χ4v) is 6.37. The van der Waals surface area contributed by atoms with E-state index in [1.54, 1.807) is 12.3 Å². The van der Waals surface area contributed by atoms with Crippen LogP contribution in [0.2, 0.25) is 0 Å². The van der Waals surface area contributed by atoms with E-state index in [9.17, 15) is 19.8 Å². The van der Waals surface area contributed by atoms with Gasteiger partial charge in [0.15, 0.2) is 0 Å². The van der Waals surface area contributed by atoms with Crippen LogP contribution >= 0.6 is 0 Å². The topological polar surface area (TPSA) is 133 Å². The monoisotopic (exact) mass is 600 g/mol. The van der Waals surface area contributed by atoms with Crippen molar-refractivity contribution in [2.24, 2.45) is 0 Å². The predicted molar refractivity (Wildman–Crippen MR) is 164 cm³/mol. The highest BCUT2D eigenvalue weighted by Crippen LogP contribution is 2.30. The lowest BCUT2D eigenvalue weighted by Crippen LogP contribution is -2.50. The van der Waals surface area contributed by atoms with Crippen molar-refractivity contribution in [1.29, 1.82) is 0 Å². The van der Waals surface area contributed by atoms with E-state index in [1.807, 2.05) is 55.5 Å². The standard InChI is InChI=1S/C34H40N4O6/c1-21-3-2-13-35-28(21)19-38-18-25-16-29(38)34(42)36-17-32-30(40)11-9-26(44-32)12-14-43-31-15-24(8-10-27(31)33(41)37-25)23-6-4-22(20-39)5-7-23/h2-8,10,13,15,25-26,29-30,32,39-40H,9,11-12,14,16-20H2,1H3,(H,36,42)(H,37,41)/t25-,26-,29-,30-,32+/m0/s1. The number of hydrogen-bond donors (Lipinski definition) is 4. The fraction of sp³-hybridized carbons (Fsp3) is 0.441. The molecule has 2 aromatic carbocycles. The first-order valence-electron chi connectivity index (χ1n) is 15.4. The van der Waals surface area contributed by atoms with Gasteiger partial charge in [-0.05, 0) is 66.6 Å². The Bertz CT molecular complexity index is 1480. The van der Waals surface area contributed by atoms with Gasteiger partial charge in [0, 0.05) is 38.3 Å². The lowest BCUT2D eigenvalue weighted by Gasteiger charge is -2.34. The molecule has 0 unspecified atom stereocenters. The molecule has 5 atom stereocenters. The largest absolute Gasteiger partial charge is 0.493 e. The molecule has 4 bridgehead atoms. The average Bonchev–Trinajstić information content (AvgIpc) is 3.43. The van der Waals surface area contributed by atoms with Crippen molar-refractivity contribution in [3.8, 4) is 16.9 Å². The number of aromatic nitrogens is 1. The van der Waals surface area contributed by atoms with Gasteiger partial charge in [0.2, 0.25) is 5.91 Å². The maximum atomic E-state index is 13.7. The zero-order valence-electron chi connectivity index (χ0n) is 24.9. The average molecular weight is 601 g/mol. The maximum Gasteiger partial charge on any atom is 0.255 e. The van der Waals surface area contributed by atoms with Gasteiger partial charge in [-0.15, -0.1) is 0 Å². The Hall–Kier alpha value is -3.83. The summed E-state index contributed by atoms with van der Waals surface area (Å²) in [6, 6.07) is 16.3. The minimum atomic E-state index is -0.658. The lowest BCUT2D eigenvalue weighted by atomic mass is 9.99. The van der Waals surface area contributed by atoms with Crippen molar-refractivity contribution >= 4 is 11.8 Å². The van der Waals surface area contributed by atoms with Gasteiger partial charge in [0.25, 0.3) is 5.91 Å². The van der Waals surface area contributed by atoms with E-state index in [0.29, 0.717) is 56.7 Å². The number of amides is 2. The van der Waals surface area contributed by atoms with E-state index < -0.39 is 18.2 Å². The van der Waals surface area contributed by atoms with Crippen LogP contribution in [0, 0.1) is 6.92 Å². The highest BCUT2D eigenvalue weighted by Gasteiger charge is 2.39. The first-order chi connectivity index (χ1) is 21.4. The van der Waals surface area contributed by atoms with Crippen molar-refractivity contribution in [2.45, 2.75) is 76.2 Å². The normalized spacial score (nSPS) is 26.3. The van der Waals surface area contributed by atoms with E-state index in [0.717, 1.165) is 27.9 Å². The third-order valence-electron chi connectivity index (χ3n) is 8.96. The van der Waals surface area contributed by atoms with Crippen molar-refractivity contribution < 1.29 is 29.3 Å². The summed E-state index contributed by atoms with van der Waals surface area (Å²) in [4.78, 5) is 33.9. The molecule has 0 saturated carbocycles. The van der Waals surface area contributed by atoms with E-state index in [2.05, 4.69) is 20.5 Å². The molecular weight excluding hydrogens is 560 g/mol. The number of hydrogen-bond acceptors (Lipinski definition) is 8. The molecule has 0 radical (unpaired) electrons. The molecule has 3 aliphatic heterocycles. The third kappa shape index (κ3) is 6.78. The molecule has 3 aromatic rings. The van der Waals surface area contributed by atoms with Crippen LogP contribution in [0.15, 0.2) is 60.8 Å². The molecule has 10 heteroatoms. The van der Waals surface area contributed by atoms with Crippen molar-refractivity contribution in [3.63, 3.8) is 0 Å². The number of benzene rings is 2. The molecule has 4 heterocycles. The Morgan fingerprint density at radius 2 is 1.86 bits per heavy atom. The summed E-state index contributed by atoms with van der Waals surface area (Å²) in [5.41, 5.74) is 5.00. The second kappa shape index (κ2) is 13.4. The number of likely N-dealkylation sites (tertiary alicyclic amines) is 1. The van der Waals surface area contributed by atoms with Crippen LogP contribution in [0.5, 0.6) is 5.75 Å². The second-order valence-corrected chi connectivity index (χ2v) is 12.0. The molecule has 2 amide bonds. The zero-order valence-corrected chi connectivity index (χ0v) is 24.9. The van der Waals surface area contributed by atoms with Crippen LogP contribution < -0.4 is 15.4 Å². The number of aliphatic hydroxyl groups is 2. The third-order valence-corrected chi connectivity index (χ3v) is 8.96. The van der Waals surface area contributed by atoms with Crippen LogP contribution in [0.3, 0.4) is 0 Å². The van der Waals surface area contributed by atoms with Crippen LogP contribution in [-0.4, -0.2) is 82.0 Å². The molecular formula is C34H40N4O6. The molecule has 44 heavy (non-hydrogen) atoms. The minimum Gasteiger partial charge on any atom is -0.493 e. The number of carbonyl (C=O) groups is 2. The first kappa shape index (κ1) is 30.2. The molecule has 0 aliphatic carbocycles. The van der Waals surface area contributed by atoms with Gasteiger partial charge in [-0.1, -0.05) is 36.4 Å². The van der Waals surface area contributed by atoms with E-state index in [4.69, 9.17) is 9.47 Å². The summed E-state index contributed by atoms with van der Waals surface area (Å²) in [5, 5.41) is 26.3. The molecule has 3 aliphatic rings. The Morgan fingerprint density at radius 3 is 2.66 bits per heavy atom. The van der Waals surface area contributed by atoms with Gasteiger partial charge in [-0.25, -0.2) is 0 Å². The summed E-state index contributed by atoms with van der Waals surface area (Å²) in [5.74, 6) is 0.0614. The van der Waals surface area contributed by atoms with Crippen LogP contribution in [0.1, 0.15) is 52.9 Å². The number of carbonyl (C=O) groups excluding carboxylic acids is 2. The Balaban J connectivity index is 1.29. The fourth-order valence-electron chi connectivity index (χ4n) is 6.37. The van der Waals surface area contributed by atoms with Crippen molar-refractivity contribution in [2.75, 3.05) is 19.7 Å². The van der Waals surface area contributed by atoms with Gasteiger partial charge < -0.3 is 30.3 Å². The summed E-state index contributed by atoms with van der Waals surface area (Å²) >= 11 is 0. The highest BCUT2D eigenvalue weighted by atomic mass is 16.5. The molecule has 2 fully saturated rings. The summed E-state index contributed by atoms with van der Waals surface area (Å²) in [6.45, 7) is 3.46. The number of aryl methyl sites for hydroxylation is 1. The summed E-state index contributed by atoms with van der Waals surface area (Å²) < 4.78 is 12.5. The van der Waals surface area contributed by atoms with Gasteiger partial charge in [0.05, 0.1) is 42.7 Å². The van der Waals surface area contributed by atoms with Crippen LogP contribution in [-0.2, 0) is 22.7 Å². The number of rotatable bonds is 4. The van der Waals surface area contributed by atoms with Crippen LogP contribution in [0.25, 0.3) is 11.1 Å². The molecule has 1 aromatic heterocycles. The lowest BCUT2D eigenvalue weighted by molar-refractivity contribution is -0.133. The molecule has 10 nitrogen and oxygen atoms in total. The van der Waals surface area contributed by atoms with Gasteiger partial charge in [-0.2, -0.15) is 0 Å². The smallest absolute Gasteiger partial charge is 0.255 e. The molecule has 232 valence electrons. The number of nitrogens with zero attached hydrogens (tertiary/aromatic N) is 2. The van der Waals surface area contributed by atoms with Crippen molar-refractivity contribution in [3.05, 3.63) is 83.2 Å². The van der Waals surface area contributed by atoms with Gasteiger partial charge >= 0.3 is 0 Å². The summed E-state index contributed by atoms with van der Waals surface area (Å²) in [7, 11) is 0.